The summed E-state index contributed by atoms with van der Waals surface area (Å²) in [5.41, 5.74) is 7.86. The van der Waals surface area contributed by atoms with Gasteiger partial charge in [-0.05, 0) is 68.4 Å². The highest BCUT2D eigenvalue weighted by atomic mass is 32.1. The van der Waals surface area contributed by atoms with E-state index in [9.17, 15) is 9.59 Å². The molecule has 4 rings (SSSR count). The lowest BCUT2D eigenvalue weighted by Crippen LogP contribution is -2.24. The number of aromatic amines is 1. The van der Waals surface area contributed by atoms with Crippen molar-refractivity contribution < 1.29 is 4.79 Å². The lowest BCUT2D eigenvalue weighted by atomic mass is 10.0. The number of amides is 1. The van der Waals surface area contributed by atoms with E-state index in [1.165, 1.54) is 28.9 Å². The molecule has 28 heavy (non-hydrogen) atoms. The summed E-state index contributed by atoms with van der Waals surface area (Å²) < 4.78 is 0. The van der Waals surface area contributed by atoms with Crippen molar-refractivity contribution in [2.24, 2.45) is 5.10 Å². The van der Waals surface area contributed by atoms with E-state index in [0.717, 1.165) is 34.6 Å². The first kappa shape index (κ1) is 18.6. The number of benzene rings is 1. The fourth-order valence-electron chi connectivity index (χ4n) is 3.58. The van der Waals surface area contributed by atoms with E-state index >= 15 is 0 Å². The van der Waals surface area contributed by atoms with Gasteiger partial charge in [0, 0.05) is 4.88 Å². The van der Waals surface area contributed by atoms with Crippen LogP contribution >= 0.6 is 11.3 Å². The van der Waals surface area contributed by atoms with Gasteiger partial charge in [-0.15, -0.1) is 11.3 Å². The average molecular weight is 395 g/mol. The average Bonchev–Trinajstić information content (AvgIpc) is 3.23. The minimum Gasteiger partial charge on any atom is -0.309 e. The van der Waals surface area contributed by atoms with Crippen LogP contribution in [0.5, 0.6) is 0 Å². The molecule has 0 aliphatic heterocycles. The number of nitrogens with one attached hydrogen (secondary N) is 2. The summed E-state index contributed by atoms with van der Waals surface area (Å²) in [7, 11) is 0. The molecule has 1 aromatic carbocycles. The predicted molar refractivity (Wildman–Crippen MR) is 112 cm³/mol. The zero-order valence-corrected chi connectivity index (χ0v) is 17.0. The maximum absolute atomic E-state index is 12.3. The minimum atomic E-state index is -0.312. The van der Waals surface area contributed by atoms with E-state index in [-0.39, 0.29) is 17.9 Å². The number of nitrogens with zero attached hydrogens (tertiary/aromatic N) is 2. The molecule has 0 unspecified atom stereocenters. The monoisotopic (exact) mass is 394 g/mol. The van der Waals surface area contributed by atoms with Gasteiger partial charge in [0.2, 0.25) is 5.91 Å². The molecule has 0 saturated heterocycles. The summed E-state index contributed by atoms with van der Waals surface area (Å²) in [5.74, 6) is 0.0367. The van der Waals surface area contributed by atoms with Crippen LogP contribution in [-0.4, -0.2) is 21.6 Å². The quantitative estimate of drug-likeness (QED) is 0.526. The number of hydrogen-bond acceptors (Lipinski definition) is 5. The number of thiophene rings is 1. The molecule has 7 heteroatoms. The van der Waals surface area contributed by atoms with Gasteiger partial charge in [0.1, 0.15) is 10.7 Å². The molecule has 0 radical (unpaired) electrons. The molecule has 2 aromatic heterocycles. The Morgan fingerprint density at radius 1 is 1.29 bits per heavy atom. The van der Waals surface area contributed by atoms with Crippen molar-refractivity contribution in [3.8, 4) is 0 Å². The lowest BCUT2D eigenvalue weighted by Gasteiger charge is -2.06. The van der Waals surface area contributed by atoms with Crippen molar-refractivity contribution in [1.29, 1.82) is 0 Å². The molecule has 144 valence electrons. The third-order valence-electron chi connectivity index (χ3n) is 5.28. The Morgan fingerprint density at radius 2 is 2.07 bits per heavy atom. The van der Waals surface area contributed by atoms with E-state index in [4.69, 9.17) is 0 Å². The van der Waals surface area contributed by atoms with Crippen LogP contribution in [-0.2, 0) is 24.1 Å². The Hall–Kier alpha value is -2.80. The molecule has 0 fully saturated rings. The maximum Gasteiger partial charge on any atom is 0.259 e. The van der Waals surface area contributed by atoms with Gasteiger partial charge in [-0.3, -0.25) is 9.59 Å². The molecule has 0 spiro atoms. The van der Waals surface area contributed by atoms with Gasteiger partial charge < -0.3 is 4.98 Å². The highest BCUT2D eigenvalue weighted by molar-refractivity contribution is 7.18. The number of hydrazone groups is 1. The van der Waals surface area contributed by atoms with E-state index in [2.05, 4.69) is 32.6 Å². The van der Waals surface area contributed by atoms with Gasteiger partial charge in [0.05, 0.1) is 17.5 Å². The second-order valence-corrected chi connectivity index (χ2v) is 8.43. The molecule has 0 atom stereocenters. The second-order valence-electron chi connectivity index (χ2n) is 7.22. The van der Waals surface area contributed by atoms with Crippen LogP contribution in [0.4, 0.5) is 0 Å². The second kappa shape index (κ2) is 7.31. The number of aromatic nitrogens is 2. The normalized spacial score (nSPS) is 13.8. The van der Waals surface area contributed by atoms with Crippen molar-refractivity contribution in [1.82, 2.24) is 15.4 Å². The Morgan fingerprint density at radius 3 is 2.89 bits per heavy atom. The van der Waals surface area contributed by atoms with E-state index < -0.39 is 0 Å². The fourth-order valence-corrected chi connectivity index (χ4v) is 4.63. The third-order valence-corrected chi connectivity index (χ3v) is 6.38. The Labute approximate surface area is 166 Å². The number of carbonyl (C=O) groups is 1. The molecule has 3 aromatic rings. The molecular formula is C21H22N4O2S. The van der Waals surface area contributed by atoms with Crippen LogP contribution in [0.15, 0.2) is 28.1 Å². The fraction of sp³-hybridized carbons (Fsp3) is 0.333. The molecule has 0 bridgehead atoms. The van der Waals surface area contributed by atoms with Gasteiger partial charge in [-0.25, -0.2) is 10.4 Å². The van der Waals surface area contributed by atoms with Crippen LogP contribution in [0.1, 0.15) is 46.3 Å². The van der Waals surface area contributed by atoms with Gasteiger partial charge in [-0.2, -0.15) is 5.10 Å². The maximum atomic E-state index is 12.3. The zero-order valence-electron chi connectivity index (χ0n) is 16.2. The first-order valence-corrected chi connectivity index (χ1v) is 10.2. The van der Waals surface area contributed by atoms with Crippen LogP contribution in [0, 0.1) is 13.8 Å². The standard InChI is InChI=1S/C21H22N4O2S/c1-11-13(3)28-21-19(11)20(27)22-17(23-21)10-18(26)25-24-12(2)15-8-7-14-5-4-6-16(14)9-15/h7-9H,4-6,10H2,1-3H3,(H,25,26)(H,22,23,27)/b24-12-. The van der Waals surface area contributed by atoms with Crippen LogP contribution in [0.2, 0.25) is 0 Å². The summed E-state index contributed by atoms with van der Waals surface area (Å²) >= 11 is 1.47. The van der Waals surface area contributed by atoms with E-state index in [1.807, 2.05) is 26.8 Å². The number of H-pyrrole nitrogens is 1. The van der Waals surface area contributed by atoms with E-state index in [1.54, 1.807) is 0 Å². The Balaban J connectivity index is 1.48. The smallest absolute Gasteiger partial charge is 0.259 e. The summed E-state index contributed by atoms with van der Waals surface area (Å²) in [5, 5.41) is 4.83. The van der Waals surface area contributed by atoms with Crippen LogP contribution in [0.25, 0.3) is 10.2 Å². The SMILES string of the molecule is C/C(=N/NC(=O)Cc1nc2sc(C)c(C)c2c(=O)[nH]1)c1ccc2c(c1)CCC2. The van der Waals surface area contributed by atoms with Gasteiger partial charge in [0.15, 0.2) is 0 Å². The molecule has 0 saturated carbocycles. The largest absolute Gasteiger partial charge is 0.309 e. The lowest BCUT2D eigenvalue weighted by molar-refractivity contribution is -0.120. The molecule has 1 amide bonds. The Bertz CT molecular complexity index is 1170. The first-order chi connectivity index (χ1) is 13.4. The highest BCUT2D eigenvalue weighted by Gasteiger charge is 2.14. The van der Waals surface area contributed by atoms with Crippen molar-refractivity contribution in [3.05, 3.63) is 61.5 Å². The summed E-state index contributed by atoms with van der Waals surface area (Å²) in [6.07, 6.45) is 3.42. The third kappa shape index (κ3) is 3.49. The van der Waals surface area contributed by atoms with Crippen molar-refractivity contribution in [2.45, 2.75) is 46.5 Å². The predicted octanol–water partition coefficient (Wildman–Crippen LogP) is 3.17. The van der Waals surface area contributed by atoms with E-state index in [0.29, 0.717) is 16.0 Å². The number of fused-ring (bicyclic) bond motifs is 2. The van der Waals surface area contributed by atoms with Gasteiger partial charge in [-0.1, -0.05) is 12.1 Å². The zero-order chi connectivity index (χ0) is 19.8. The van der Waals surface area contributed by atoms with Crippen molar-refractivity contribution in [2.75, 3.05) is 0 Å². The summed E-state index contributed by atoms with van der Waals surface area (Å²) in [6, 6.07) is 6.35. The topological polar surface area (TPSA) is 87.2 Å². The summed E-state index contributed by atoms with van der Waals surface area (Å²) in [4.78, 5) is 33.5. The molecule has 1 aliphatic carbocycles. The molecular weight excluding hydrogens is 372 g/mol. The minimum absolute atomic E-state index is 0.0257. The van der Waals surface area contributed by atoms with Gasteiger partial charge in [0.25, 0.3) is 5.56 Å². The first-order valence-electron chi connectivity index (χ1n) is 9.36. The number of aryl methyl sites for hydroxylation is 4. The molecule has 6 nitrogen and oxygen atoms in total. The van der Waals surface area contributed by atoms with Gasteiger partial charge >= 0.3 is 0 Å². The van der Waals surface area contributed by atoms with Crippen LogP contribution in [0.3, 0.4) is 0 Å². The Kier molecular flexibility index (Phi) is 4.85. The van der Waals surface area contributed by atoms with Crippen molar-refractivity contribution >= 4 is 33.2 Å². The number of hydrogen-bond donors (Lipinski definition) is 2. The number of carbonyl (C=O) groups excluding carboxylic acids is 1. The molecule has 1 aliphatic rings. The molecule has 2 heterocycles. The summed E-state index contributed by atoms with van der Waals surface area (Å²) in [6.45, 7) is 5.75. The number of rotatable bonds is 4. The van der Waals surface area contributed by atoms with Crippen molar-refractivity contribution in [3.63, 3.8) is 0 Å². The highest BCUT2D eigenvalue weighted by Crippen LogP contribution is 2.25. The molecule has 2 N–H and O–H groups in total. The van der Waals surface area contributed by atoms with Crippen LogP contribution < -0.4 is 11.0 Å².